The molecule has 4 nitrogen and oxygen atoms in total. The van der Waals surface area contributed by atoms with Crippen LogP contribution < -0.4 is 0 Å². The molecule has 5 heteroatoms. The van der Waals surface area contributed by atoms with E-state index in [0.29, 0.717) is 34.0 Å². The first kappa shape index (κ1) is 33.3. The molecule has 6 fully saturated rings. The molecule has 6 rings (SSSR count). The van der Waals surface area contributed by atoms with Crippen LogP contribution >= 0.6 is 0 Å². The van der Waals surface area contributed by atoms with Crippen LogP contribution in [0.25, 0.3) is 0 Å². The van der Waals surface area contributed by atoms with Crippen LogP contribution in [-0.4, -0.2) is 38.7 Å². The lowest BCUT2D eigenvalue weighted by Gasteiger charge is -2.64. The molecule has 250 valence electrons. The first-order valence-corrected chi connectivity index (χ1v) is 21.2. The van der Waals surface area contributed by atoms with Gasteiger partial charge >= 0.3 is 5.97 Å². The quantitative estimate of drug-likeness (QED) is 0.153. The van der Waals surface area contributed by atoms with Gasteiger partial charge in [0.1, 0.15) is 6.10 Å². The summed E-state index contributed by atoms with van der Waals surface area (Å²) in [7, 11) is -1.95. The van der Waals surface area contributed by atoms with Gasteiger partial charge in [0.25, 0.3) is 0 Å². The maximum atomic E-state index is 12.2. The standard InChI is InChI=1S/C39H66O4Si/c1-13-44(14-2,15-3)43-34-33-31(25(6)22-28(42-33)32(24(4)5)41-27(8)40)36(11)20-21-39-23-38(39)19-18-26(7)35(9,10)29(38)16-17-30(39)37(34,36)12/h25-26,28-34H,4,13-23H2,1-3,5-12H3/t25-,26+,28-,29+,30+,31+,32-,33+,34+,36-,37-,38-,39+/m1/s1. The average Bonchev–Trinajstić information content (AvgIpc) is 3.59. The van der Waals surface area contributed by atoms with E-state index in [4.69, 9.17) is 13.9 Å². The van der Waals surface area contributed by atoms with E-state index in [9.17, 15) is 4.79 Å². The van der Waals surface area contributed by atoms with Crippen LogP contribution in [0, 0.1) is 56.7 Å². The highest BCUT2D eigenvalue weighted by Gasteiger charge is 2.84. The molecule has 0 amide bonds. The molecule has 13 atom stereocenters. The summed E-state index contributed by atoms with van der Waals surface area (Å²) in [6, 6.07) is 3.49. The largest absolute Gasteiger partial charge is 0.455 e. The van der Waals surface area contributed by atoms with Crippen molar-refractivity contribution in [2.24, 2.45) is 56.7 Å². The Balaban J connectivity index is 1.45. The Morgan fingerprint density at radius 2 is 1.55 bits per heavy atom. The maximum Gasteiger partial charge on any atom is 0.303 e. The van der Waals surface area contributed by atoms with Crippen molar-refractivity contribution in [3.05, 3.63) is 12.2 Å². The van der Waals surface area contributed by atoms with E-state index < -0.39 is 14.4 Å². The second-order valence-electron chi connectivity index (χ2n) is 18.2. The number of rotatable bonds is 8. The summed E-state index contributed by atoms with van der Waals surface area (Å²) in [5, 5.41) is 0. The molecule has 0 N–H and O–H groups in total. The van der Waals surface area contributed by atoms with Crippen LogP contribution in [0.3, 0.4) is 0 Å². The van der Waals surface area contributed by atoms with Gasteiger partial charge in [-0.3, -0.25) is 4.79 Å². The molecule has 2 spiro atoms. The molecule has 0 bridgehead atoms. The second-order valence-corrected chi connectivity index (χ2v) is 22.9. The fraction of sp³-hybridized carbons (Fsp3) is 0.923. The Kier molecular flexibility index (Phi) is 8.07. The first-order valence-electron chi connectivity index (χ1n) is 18.7. The van der Waals surface area contributed by atoms with E-state index in [0.717, 1.165) is 42.0 Å². The predicted octanol–water partition coefficient (Wildman–Crippen LogP) is 9.97. The summed E-state index contributed by atoms with van der Waals surface area (Å²) in [6.45, 7) is 30.5. The number of hydrogen-bond acceptors (Lipinski definition) is 4. The molecular formula is C39H66O4Si. The Hall–Kier alpha value is -0.653. The second kappa shape index (κ2) is 10.7. The van der Waals surface area contributed by atoms with Crippen molar-refractivity contribution in [2.75, 3.05) is 0 Å². The van der Waals surface area contributed by atoms with E-state index in [1.807, 2.05) is 6.92 Å². The molecule has 0 aromatic heterocycles. The van der Waals surface area contributed by atoms with E-state index in [1.54, 1.807) is 0 Å². The van der Waals surface area contributed by atoms with Crippen LogP contribution in [0.2, 0.25) is 18.1 Å². The molecule has 0 aromatic rings. The SMILES string of the molecule is C=C(C)[C@@H](OC(C)=O)[C@H]1C[C@@H](C)[C@H]2[C@H](O1)[C@H](O[Si](CC)(CC)CC)[C@@]1(C)[C@@H]3CC[C@H]4C(C)(C)[C@@H](C)CC[C@@]45C[C@@]35CC[C@]21C. The Bertz CT molecular complexity index is 1150. The van der Waals surface area contributed by atoms with Crippen molar-refractivity contribution in [2.45, 2.75) is 170 Å². The topological polar surface area (TPSA) is 44.8 Å². The van der Waals surface area contributed by atoms with Crippen LogP contribution in [0.5, 0.6) is 0 Å². The third-order valence-corrected chi connectivity index (χ3v) is 21.4. The molecule has 0 radical (unpaired) electrons. The van der Waals surface area contributed by atoms with Gasteiger partial charge in [0.15, 0.2) is 8.32 Å². The van der Waals surface area contributed by atoms with Crippen molar-refractivity contribution in [3.63, 3.8) is 0 Å². The maximum absolute atomic E-state index is 12.2. The highest BCUT2D eigenvalue weighted by Crippen LogP contribution is 2.89. The van der Waals surface area contributed by atoms with Gasteiger partial charge in [-0.05, 0) is 133 Å². The lowest BCUT2D eigenvalue weighted by molar-refractivity contribution is -0.181. The molecule has 0 unspecified atom stereocenters. The van der Waals surface area contributed by atoms with E-state index in [1.165, 1.54) is 51.9 Å². The van der Waals surface area contributed by atoms with Gasteiger partial charge in [0, 0.05) is 12.3 Å². The lowest BCUT2D eigenvalue weighted by Crippen LogP contribution is -2.60. The van der Waals surface area contributed by atoms with Gasteiger partial charge in [0.2, 0.25) is 0 Å². The van der Waals surface area contributed by atoms with Crippen LogP contribution in [0.15, 0.2) is 12.2 Å². The zero-order valence-electron chi connectivity index (χ0n) is 30.3. The van der Waals surface area contributed by atoms with Crippen molar-refractivity contribution in [3.8, 4) is 0 Å². The number of fused-ring (bicyclic) bond motifs is 4. The Labute approximate surface area is 271 Å². The zero-order valence-corrected chi connectivity index (χ0v) is 31.3. The smallest absolute Gasteiger partial charge is 0.303 e. The van der Waals surface area contributed by atoms with Crippen molar-refractivity contribution >= 4 is 14.3 Å². The summed E-state index contributed by atoms with van der Waals surface area (Å²) >= 11 is 0. The van der Waals surface area contributed by atoms with Gasteiger partial charge in [-0.25, -0.2) is 0 Å². The van der Waals surface area contributed by atoms with Crippen molar-refractivity contribution in [1.29, 1.82) is 0 Å². The zero-order chi connectivity index (χ0) is 32.3. The first-order chi connectivity index (χ1) is 20.5. The molecule has 1 heterocycles. The monoisotopic (exact) mass is 626 g/mol. The third kappa shape index (κ3) is 4.15. The number of carbonyl (C=O) groups excluding carboxylic acids is 1. The van der Waals surface area contributed by atoms with Gasteiger partial charge < -0.3 is 13.9 Å². The van der Waals surface area contributed by atoms with E-state index in [2.05, 4.69) is 68.9 Å². The van der Waals surface area contributed by atoms with E-state index in [-0.39, 0.29) is 35.1 Å². The van der Waals surface area contributed by atoms with Gasteiger partial charge in [-0.1, -0.05) is 68.9 Å². The summed E-state index contributed by atoms with van der Waals surface area (Å²) in [5.41, 5.74) is 2.58. The number of hydrogen-bond donors (Lipinski definition) is 0. The molecule has 1 aliphatic heterocycles. The normalized spacial score (nSPS) is 49.4. The van der Waals surface area contributed by atoms with Crippen LogP contribution in [-0.2, 0) is 18.7 Å². The predicted molar refractivity (Wildman–Crippen MR) is 182 cm³/mol. The highest BCUT2D eigenvalue weighted by molar-refractivity contribution is 6.73. The van der Waals surface area contributed by atoms with Crippen LogP contribution in [0.1, 0.15) is 128 Å². The molecular weight excluding hydrogens is 561 g/mol. The fourth-order valence-corrected chi connectivity index (χ4v) is 16.7. The van der Waals surface area contributed by atoms with Gasteiger partial charge in [-0.2, -0.15) is 0 Å². The van der Waals surface area contributed by atoms with Crippen molar-refractivity contribution in [1.82, 2.24) is 0 Å². The summed E-state index contributed by atoms with van der Waals surface area (Å²) < 4.78 is 21.1. The van der Waals surface area contributed by atoms with E-state index >= 15 is 0 Å². The summed E-state index contributed by atoms with van der Waals surface area (Å²) in [6.07, 6.45) is 10.2. The highest BCUT2D eigenvalue weighted by atomic mass is 28.4. The molecule has 44 heavy (non-hydrogen) atoms. The molecule has 5 aliphatic carbocycles. The summed E-state index contributed by atoms with van der Waals surface area (Å²) in [5.74, 6) is 3.06. The minimum atomic E-state index is -1.95. The van der Waals surface area contributed by atoms with Crippen molar-refractivity contribution < 1.29 is 18.7 Å². The fourth-order valence-electron chi connectivity index (χ4n) is 13.8. The molecule has 1 saturated heterocycles. The minimum absolute atomic E-state index is 0.0399. The molecule has 5 saturated carbocycles. The number of carbonyl (C=O) groups is 1. The van der Waals surface area contributed by atoms with Gasteiger partial charge in [0.05, 0.1) is 18.3 Å². The summed E-state index contributed by atoms with van der Waals surface area (Å²) in [4.78, 5) is 12.2. The molecule has 6 aliphatic rings. The third-order valence-electron chi connectivity index (χ3n) is 16.8. The Morgan fingerprint density at radius 1 is 0.932 bits per heavy atom. The lowest BCUT2D eigenvalue weighted by atomic mass is 9.41. The van der Waals surface area contributed by atoms with Crippen LogP contribution in [0.4, 0.5) is 0 Å². The Morgan fingerprint density at radius 3 is 2.14 bits per heavy atom. The number of esters is 1. The van der Waals surface area contributed by atoms with Gasteiger partial charge in [-0.15, -0.1) is 0 Å². The minimum Gasteiger partial charge on any atom is -0.455 e. The average molecular weight is 627 g/mol. The molecule has 0 aromatic carbocycles. The number of ether oxygens (including phenoxy) is 2.